The van der Waals surface area contributed by atoms with E-state index >= 15 is 0 Å². The summed E-state index contributed by atoms with van der Waals surface area (Å²) in [4.78, 5) is 25.3. The van der Waals surface area contributed by atoms with Gasteiger partial charge in [-0.3, -0.25) is 4.79 Å². The highest BCUT2D eigenvalue weighted by Crippen LogP contribution is 2.24. The number of alkyl halides is 3. The van der Waals surface area contributed by atoms with Crippen molar-refractivity contribution >= 4 is 18.0 Å². The number of aromatic nitrogens is 2. The molecule has 0 unspecified atom stereocenters. The molecule has 1 amide bonds. The zero-order chi connectivity index (χ0) is 29.0. The predicted octanol–water partition coefficient (Wildman–Crippen LogP) is 5.63. The number of halogens is 3. The Kier molecular flexibility index (Phi) is 10.6. The summed E-state index contributed by atoms with van der Waals surface area (Å²) in [7, 11) is 1.63. The molecule has 0 atom stereocenters. The molecule has 0 saturated carbocycles. The number of hydrogen-bond donors (Lipinski definition) is 2. The van der Waals surface area contributed by atoms with E-state index in [2.05, 4.69) is 46.7 Å². The van der Waals surface area contributed by atoms with Crippen LogP contribution in [0, 0.1) is 0 Å². The van der Waals surface area contributed by atoms with E-state index in [4.69, 9.17) is 14.6 Å². The van der Waals surface area contributed by atoms with Gasteiger partial charge in [-0.1, -0.05) is 60.7 Å². The van der Waals surface area contributed by atoms with Crippen molar-refractivity contribution in [1.82, 2.24) is 14.9 Å². The van der Waals surface area contributed by atoms with Crippen LogP contribution in [0.3, 0.4) is 0 Å². The second-order valence-electron chi connectivity index (χ2n) is 8.56. The Bertz CT molecular complexity index is 1420. The number of carboxylic acid groups (broad SMARTS) is 1. The van der Waals surface area contributed by atoms with Crippen LogP contribution < -0.4 is 10.1 Å². The van der Waals surface area contributed by atoms with Gasteiger partial charge in [0, 0.05) is 25.0 Å². The molecular formula is C30H28F3N3O4. The van der Waals surface area contributed by atoms with Crippen molar-refractivity contribution in [3.63, 3.8) is 0 Å². The van der Waals surface area contributed by atoms with Gasteiger partial charge < -0.3 is 19.7 Å². The lowest BCUT2D eigenvalue weighted by atomic mass is 10.0. The molecule has 40 heavy (non-hydrogen) atoms. The lowest BCUT2D eigenvalue weighted by Gasteiger charge is -2.10. The van der Waals surface area contributed by atoms with E-state index in [9.17, 15) is 18.0 Å². The number of nitrogens with zero attached hydrogens (tertiary/aromatic N) is 2. The summed E-state index contributed by atoms with van der Waals surface area (Å²) in [6.45, 7) is 0.491. The quantitative estimate of drug-likeness (QED) is 0.263. The molecule has 2 N–H and O–H groups in total. The molecule has 4 aromatic rings. The number of aliphatic carboxylic acids is 1. The van der Waals surface area contributed by atoms with Crippen molar-refractivity contribution < 1.29 is 32.6 Å². The van der Waals surface area contributed by atoms with Crippen molar-refractivity contribution in [2.75, 3.05) is 7.11 Å². The van der Waals surface area contributed by atoms with Gasteiger partial charge in [-0.05, 0) is 53.3 Å². The van der Waals surface area contributed by atoms with Crippen LogP contribution in [-0.4, -0.2) is 39.8 Å². The van der Waals surface area contributed by atoms with Crippen molar-refractivity contribution in [3.05, 3.63) is 120 Å². The number of benzene rings is 3. The number of hydrogen-bond acceptors (Lipinski definition) is 4. The number of imidazole rings is 1. The smallest absolute Gasteiger partial charge is 0.490 e. The maximum atomic E-state index is 12.4. The largest absolute Gasteiger partial charge is 0.495 e. The second kappa shape index (κ2) is 14.3. The van der Waals surface area contributed by atoms with E-state index in [0.29, 0.717) is 12.3 Å². The molecule has 7 nitrogen and oxygen atoms in total. The average molecular weight is 552 g/mol. The molecule has 0 aliphatic carbocycles. The fraction of sp³-hybridized carbons (Fsp3) is 0.167. The molecule has 1 aromatic heterocycles. The molecule has 0 aliphatic rings. The van der Waals surface area contributed by atoms with Crippen LogP contribution >= 0.6 is 0 Å². The SMILES string of the molecule is COc1cc(/C=C/C(=O)NCc2cccc(CCc3ccccc3)c2)ccc1-n1ccnc1.O=C(O)C(F)(F)F. The third-order valence-electron chi connectivity index (χ3n) is 5.66. The summed E-state index contributed by atoms with van der Waals surface area (Å²) in [5.41, 5.74) is 5.47. The maximum Gasteiger partial charge on any atom is 0.490 e. The number of nitrogens with one attached hydrogen (secondary N) is 1. The predicted molar refractivity (Wildman–Crippen MR) is 145 cm³/mol. The topological polar surface area (TPSA) is 93.5 Å². The van der Waals surface area contributed by atoms with E-state index in [-0.39, 0.29) is 5.91 Å². The molecule has 10 heteroatoms. The van der Waals surface area contributed by atoms with Crippen LogP contribution in [0.25, 0.3) is 11.8 Å². The van der Waals surface area contributed by atoms with Gasteiger partial charge in [0.1, 0.15) is 5.75 Å². The Hall–Kier alpha value is -4.86. The van der Waals surface area contributed by atoms with E-state index in [1.54, 1.807) is 31.8 Å². The first-order valence-electron chi connectivity index (χ1n) is 12.2. The molecule has 0 saturated heterocycles. The molecule has 0 spiro atoms. The number of aryl methyl sites for hydroxylation is 2. The monoisotopic (exact) mass is 551 g/mol. The molecule has 4 rings (SSSR count). The Labute approximate surface area is 229 Å². The van der Waals surface area contributed by atoms with Crippen molar-refractivity contribution in [1.29, 1.82) is 0 Å². The van der Waals surface area contributed by atoms with E-state index in [1.807, 2.05) is 47.2 Å². The van der Waals surface area contributed by atoms with Gasteiger partial charge in [0.2, 0.25) is 5.91 Å². The van der Waals surface area contributed by atoms with Gasteiger partial charge in [0.25, 0.3) is 0 Å². The van der Waals surface area contributed by atoms with E-state index < -0.39 is 12.1 Å². The van der Waals surface area contributed by atoms with Gasteiger partial charge in [-0.25, -0.2) is 9.78 Å². The summed E-state index contributed by atoms with van der Waals surface area (Å²) in [5, 5.41) is 10.1. The lowest BCUT2D eigenvalue weighted by molar-refractivity contribution is -0.192. The van der Waals surface area contributed by atoms with Crippen LogP contribution in [0.2, 0.25) is 0 Å². The van der Waals surface area contributed by atoms with Crippen LogP contribution in [0.4, 0.5) is 13.2 Å². The second-order valence-corrected chi connectivity index (χ2v) is 8.56. The standard InChI is InChI=1S/C28H27N3O2.C2HF3O2/c1-33-27-19-24(12-14-26(27)31-17-16-29-21-31)13-15-28(32)30-20-25-9-5-8-23(18-25)11-10-22-6-3-2-4-7-22;3-2(4,5)1(6)7/h2-9,12-19,21H,10-11,20H2,1H3,(H,30,32);(H,6,7)/b15-13+;. The number of ether oxygens (including phenoxy) is 1. The first-order chi connectivity index (χ1) is 19.2. The maximum absolute atomic E-state index is 12.4. The zero-order valence-electron chi connectivity index (χ0n) is 21.6. The van der Waals surface area contributed by atoms with E-state index in [0.717, 1.165) is 29.7 Å². The molecule has 208 valence electrons. The number of amides is 1. The minimum absolute atomic E-state index is 0.137. The first kappa shape index (κ1) is 29.7. The molecule has 1 heterocycles. The highest BCUT2D eigenvalue weighted by Gasteiger charge is 2.38. The zero-order valence-corrected chi connectivity index (χ0v) is 21.6. The number of methoxy groups -OCH3 is 1. The third-order valence-corrected chi connectivity index (χ3v) is 5.66. The molecule has 0 aliphatic heterocycles. The van der Waals surface area contributed by atoms with Crippen LogP contribution in [0.1, 0.15) is 22.3 Å². The van der Waals surface area contributed by atoms with Crippen LogP contribution in [0.5, 0.6) is 5.75 Å². The molecule has 0 radical (unpaired) electrons. The summed E-state index contributed by atoms with van der Waals surface area (Å²) >= 11 is 0. The fourth-order valence-corrected chi connectivity index (χ4v) is 3.66. The van der Waals surface area contributed by atoms with Crippen molar-refractivity contribution in [2.24, 2.45) is 0 Å². The molecule has 0 fully saturated rings. The van der Waals surface area contributed by atoms with Gasteiger partial charge in [0.15, 0.2) is 0 Å². The number of carboxylic acids is 1. The molecule has 0 bridgehead atoms. The lowest BCUT2D eigenvalue weighted by Crippen LogP contribution is -2.21. The summed E-state index contributed by atoms with van der Waals surface area (Å²) in [5.74, 6) is -2.18. The van der Waals surface area contributed by atoms with Crippen LogP contribution in [-0.2, 0) is 29.0 Å². The number of carbonyl (C=O) groups is 2. The average Bonchev–Trinajstić information content (AvgIpc) is 3.49. The fourth-order valence-electron chi connectivity index (χ4n) is 3.66. The molecule has 3 aromatic carbocycles. The minimum atomic E-state index is -5.08. The number of carbonyl (C=O) groups excluding carboxylic acids is 1. The van der Waals surface area contributed by atoms with E-state index in [1.165, 1.54) is 11.1 Å². The summed E-state index contributed by atoms with van der Waals surface area (Å²) < 4.78 is 39.1. The Morgan fingerprint density at radius 1 is 0.975 bits per heavy atom. The summed E-state index contributed by atoms with van der Waals surface area (Å²) in [6.07, 6.45) is 5.52. The molecular weight excluding hydrogens is 523 g/mol. The van der Waals surface area contributed by atoms with Crippen molar-refractivity contribution in [3.8, 4) is 11.4 Å². The number of rotatable bonds is 9. The highest BCUT2D eigenvalue weighted by atomic mass is 19.4. The normalized spacial score (nSPS) is 11.0. The highest BCUT2D eigenvalue weighted by molar-refractivity contribution is 5.91. The van der Waals surface area contributed by atoms with Gasteiger partial charge >= 0.3 is 12.1 Å². The summed E-state index contributed by atoms with van der Waals surface area (Å²) in [6, 6.07) is 24.6. The third kappa shape index (κ3) is 9.46. The Morgan fingerprint density at radius 2 is 1.65 bits per heavy atom. The van der Waals surface area contributed by atoms with Gasteiger partial charge in [-0.2, -0.15) is 13.2 Å². The van der Waals surface area contributed by atoms with Crippen LogP contribution in [0.15, 0.2) is 97.6 Å². The van der Waals surface area contributed by atoms with Gasteiger partial charge in [-0.15, -0.1) is 0 Å². The minimum Gasteiger partial charge on any atom is -0.495 e. The van der Waals surface area contributed by atoms with Gasteiger partial charge in [0.05, 0.1) is 19.1 Å². The Morgan fingerprint density at radius 3 is 2.30 bits per heavy atom. The first-order valence-corrected chi connectivity index (χ1v) is 12.2. The Balaban J connectivity index is 0.000000559. The van der Waals surface area contributed by atoms with Crippen molar-refractivity contribution in [2.45, 2.75) is 25.6 Å².